The van der Waals surface area contributed by atoms with Gasteiger partial charge in [-0.1, -0.05) is 55.4 Å². The molecule has 1 aliphatic rings. The second-order valence-corrected chi connectivity index (χ2v) is 12.2. The van der Waals surface area contributed by atoms with Crippen LogP contribution in [0.4, 0.5) is 5.13 Å². The van der Waals surface area contributed by atoms with Crippen LogP contribution in [0.15, 0.2) is 60.3 Å². The quantitative estimate of drug-likeness (QED) is 0.0872. The molecule has 5 aromatic rings. The van der Waals surface area contributed by atoms with E-state index in [0.717, 1.165) is 46.2 Å². The van der Waals surface area contributed by atoms with Gasteiger partial charge in [-0.05, 0) is 80.6 Å². The van der Waals surface area contributed by atoms with Crippen LogP contribution in [-0.2, 0) is 9.59 Å². The van der Waals surface area contributed by atoms with Crippen LogP contribution in [0.25, 0.3) is 21.6 Å². The summed E-state index contributed by atoms with van der Waals surface area (Å²) in [5.74, 6) is -1.20. The van der Waals surface area contributed by atoms with Gasteiger partial charge in [-0.15, -0.1) is 0 Å². The van der Waals surface area contributed by atoms with Gasteiger partial charge in [0.15, 0.2) is 10.9 Å². The number of benzene rings is 2. The topological polar surface area (TPSA) is 97.0 Å². The molecule has 6 rings (SSSR count). The maximum absolute atomic E-state index is 13.8. The second kappa shape index (κ2) is 11.3. The number of anilines is 1. The van der Waals surface area contributed by atoms with E-state index in [0.29, 0.717) is 34.4 Å². The van der Waals surface area contributed by atoms with Gasteiger partial charge < -0.3 is 14.2 Å². The molecule has 1 saturated heterocycles. The fourth-order valence-electron chi connectivity index (χ4n) is 5.80. The highest BCUT2D eigenvalue weighted by Crippen LogP contribution is 2.45. The largest absolute Gasteiger partial charge is 0.505 e. The Morgan fingerprint density at radius 3 is 2.58 bits per heavy atom. The lowest BCUT2D eigenvalue weighted by atomic mass is 9.96. The zero-order valence-corrected chi connectivity index (χ0v) is 25.8. The number of hydrogen-bond acceptors (Lipinski definition) is 7. The van der Waals surface area contributed by atoms with Crippen LogP contribution in [0.3, 0.4) is 0 Å². The number of unbranched alkanes of at least 4 members (excludes halogenated alkanes) is 2. The van der Waals surface area contributed by atoms with E-state index in [1.54, 1.807) is 0 Å². The van der Waals surface area contributed by atoms with Crippen LogP contribution in [0.5, 0.6) is 5.75 Å². The number of rotatable bonds is 8. The zero-order valence-electron chi connectivity index (χ0n) is 25.0. The van der Waals surface area contributed by atoms with Crippen molar-refractivity contribution in [1.82, 2.24) is 14.4 Å². The lowest BCUT2D eigenvalue weighted by Gasteiger charge is -2.23. The zero-order chi connectivity index (χ0) is 30.4. The number of hydrogen-bond donors (Lipinski definition) is 1. The second-order valence-electron chi connectivity index (χ2n) is 11.2. The summed E-state index contributed by atoms with van der Waals surface area (Å²) >= 11 is 1.36. The highest BCUT2D eigenvalue weighted by Gasteiger charge is 2.48. The number of pyridine rings is 1. The van der Waals surface area contributed by atoms with E-state index < -0.39 is 17.7 Å². The number of nitrogens with zero attached hydrogens (tertiary/aromatic N) is 4. The molecular formula is C34H34N4O4S. The molecule has 220 valence electrons. The van der Waals surface area contributed by atoms with Crippen molar-refractivity contribution < 1.29 is 19.4 Å². The summed E-state index contributed by atoms with van der Waals surface area (Å²) in [7, 11) is 0. The van der Waals surface area contributed by atoms with E-state index in [9.17, 15) is 14.7 Å². The molecule has 9 heteroatoms. The molecule has 1 unspecified atom stereocenters. The first-order valence-corrected chi connectivity index (χ1v) is 15.4. The Balaban J connectivity index is 1.54. The number of Topliss-reactive ketones (excluding diaryl/α,β-unsaturated/α-hetero) is 1. The van der Waals surface area contributed by atoms with Crippen molar-refractivity contribution in [2.45, 2.75) is 59.9 Å². The number of imidazole rings is 1. The lowest BCUT2D eigenvalue weighted by molar-refractivity contribution is -0.132. The van der Waals surface area contributed by atoms with E-state index >= 15 is 0 Å². The third kappa shape index (κ3) is 4.97. The average Bonchev–Trinajstić information content (AvgIpc) is 3.64. The van der Waals surface area contributed by atoms with Gasteiger partial charge in [0.25, 0.3) is 5.78 Å². The molecular weight excluding hydrogens is 560 g/mol. The van der Waals surface area contributed by atoms with Crippen LogP contribution in [-0.4, -0.2) is 37.8 Å². The Kier molecular flexibility index (Phi) is 7.52. The monoisotopic (exact) mass is 594 g/mol. The number of carbonyl (C=O) groups excluding carboxylic acids is 2. The van der Waals surface area contributed by atoms with Crippen LogP contribution in [0, 0.1) is 27.7 Å². The Bertz CT molecular complexity index is 1940. The third-order valence-electron chi connectivity index (χ3n) is 7.97. The molecule has 2 aromatic carbocycles. The highest BCUT2D eigenvalue weighted by atomic mass is 32.1. The normalized spacial score (nSPS) is 16.6. The summed E-state index contributed by atoms with van der Waals surface area (Å²) < 4.78 is 8.83. The smallest absolute Gasteiger partial charge is 0.301 e. The number of ketones is 1. The number of aliphatic hydroxyl groups excluding tert-OH is 1. The summed E-state index contributed by atoms with van der Waals surface area (Å²) in [4.78, 5) is 38.7. The minimum atomic E-state index is -0.925. The van der Waals surface area contributed by atoms with Crippen LogP contribution < -0.4 is 9.64 Å². The number of carbonyl (C=O) groups is 2. The van der Waals surface area contributed by atoms with Gasteiger partial charge in [-0.25, -0.2) is 9.97 Å². The Labute approximate surface area is 254 Å². The first-order chi connectivity index (χ1) is 20.7. The molecule has 4 heterocycles. The molecule has 1 N–H and O–H groups in total. The van der Waals surface area contributed by atoms with E-state index in [4.69, 9.17) is 14.7 Å². The maximum atomic E-state index is 13.8. The molecule has 1 amide bonds. The predicted octanol–water partition coefficient (Wildman–Crippen LogP) is 7.37. The van der Waals surface area contributed by atoms with Gasteiger partial charge in [0.05, 0.1) is 34.1 Å². The van der Waals surface area contributed by atoms with Gasteiger partial charge >= 0.3 is 5.91 Å². The van der Waals surface area contributed by atoms with Crippen LogP contribution in [0.2, 0.25) is 0 Å². The Morgan fingerprint density at radius 2 is 1.81 bits per heavy atom. The summed E-state index contributed by atoms with van der Waals surface area (Å²) in [5.41, 5.74) is 6.00. The number of aliphatic hydroxyl groups is 1. The molecule has 0 radical (unpaired) electrons. The summed E-state index contributed by atoms with van der Waals surface area (Å²) in [5, 5.41) is 12.2. The fraction of sp³-hybridized carbons (Fsp3) is 0.294. The molecule has 1 atom stereocenters. The van der Waals surface area contributed by atoms with Gasteiger partial charge in [-0.3, -0.25) is 14.5 Å². The van der Waals surface area contributed by atoms with Crippen LogP contribution >= 0.6 is 11.3 Å². The van der Waals surface area contributed by atoms with E-state index in [-0.39, 0.29) is 17.0 Å². The van der Waals surface area contributed by atoms with Crippen molar-refractivity contribution in [3.8, 4) is 5.75 Å². The molecule has 0 saturated carbocycles. The summed E-state index contributed by atoms with van der Waals surface area (Å²) in [6.07, 6.45) is 4.94. The van der Waals surface area contributed by atoms with Gasteiger partial charge in [0, 0.05) is 6.20 Å². The van der Waals surface area contributed by atoms with E-state index in [2.05, 4.69) is 6.92 Å². The molecule has 1 aliphatic heterocycles. The molecule has 1 fully saturated rings. The van der Waals surface area contributed by atoms with Crippen molar-refractivity contribution in [1.29, 1.82) is 0 Å². The SMILES string of the molecule is CCCCCOc1cccc(C2/C(=C(\O)c3nc4c(C)cccn4c3C)C(=O)C(=O)N2c2nc3c(C)cc(C)cc3s2)c1. The van der Waals surface area contributed by atoms with E-state index in [1.807, 2.05) is 86.8 Å². The summed E-state index contributed by atoms with van der Waals surface area (Å²) in [6.45, 7) is 10.5. The predicted molar refractivity (Wildman–Crippen MR) is 170 cm³/mol. The van der Waals surface area contributed by atoms with Crippen LogP contribution in [0.1, 0.15) is 65.9 Å². The van der Waals surface area contributed by atoms with Crippen molar-refractivity contribution in [2.75, 3.05) is 11.5 Å². The maximum Gasteiger partial charge on any atom is 0.301 e. The number of aryl methyl sites for hydroxylation is 4. The molecule has 3 aromatic heterocycles. The van der Waals surface area contributed by atoms with Gasteiger partial charge in [-0.2, -0.15) is 0 Å². The van der Waals surface area contributed by atoms with Crippen molar-refractivity contribution >= 4 is 49.8 Å². The molecule has 8 nitrogen and oxygen atoms in total. The average molecular weight is 595 g/mol. The molecule has 0 spiro atoms. The standard InChI is InChI=1S/C34H34N4O4S/c1-6-7-8-15-42-24-13-9-12-23(18-24)29-26(30(39)28-22(5)37-14-10-11-20(3)32(37)35-28)31(40)33(41)38(29)34-36-27-21(4)16-19(2)17-25(27)43-34/h9-14,16-18,29,39H,6-8,15H2,1-5H3/b30-26+. The third-order valence-corrected chi connectivity index (χ3v) is 8.97. The lowest BCUT2D eigenvalue weighted by Crippen LogP contribution is -2.29. The first kappa shape index (κ1) is 28.6. The van der Waals surface area contributed by atoms with Crippen molar-refractivity contribution in [3.63, 3.8) is 0 Å². The number of fused-ring (bicyclic) bond motifs is 2. The first-order valence-electron chi connectivity index (χ1n) is 14.6. The minimum Gasteiger partial charge on any atom is -0.505 e. The Morgan fingerprint density at radius 1 is 1.00 bits per heavy atom. The number of aromatic nitrogens is 3. The molecule has 0 aliphatic carbocycles. The van der Waals surface area contributed by atoms with Crippen molar-refractivity contribution in [3.05, 3.63) is 93.9 Å². The van der Waals surface area contributed by atoms with Crippen molar-refractivity contribution in [2.24, 2.45) is 0 Å². The Hall–Kier alpha value is -4.50. The highest BCUT2D eigenvalue weighted by molar-refractivity contribution is 7.22. The van der Waals surface area contributed by atoms with Gasteiger partial charge in [0.2, 0.25) is 0 Å². The fourth-order valence-corrected chi connectivity index (χ4v) is 6.97. The summed E-state index contributed by atoms with van der Waals surface area (Å²) in [6, 6.07) is 14.4. The molecule has 43 heavy (non-hydrogen) atoms. The number of amides is 1. The van der Waals surface area contributed by atoms with Gasteiger partial charge in [0.1, 0.15) is 17.1 Å². The van der Waals surface area contributed by atoms with E-state index in [1.165, 1.54) is 16.2 Å². The number of thiazole rings is 1. The molecule has 0 bridgehead atoms. The minimum absolute atomic E-state index is 0.0237. The number of ether oxygens (including phenoxy) is 1.